The Balaban J connectivity index is 2.88. The first-order valence-electron chi connectivity index (χ1n) is 8.13. The van der Waals surface area contributed by atoms with Gasteiger partial charge >= 0.3 is 0 Å². The van der Waals surface area contributed by atoms with Crippen LogP contribution in [0.3, 0.4) is 0 Å². The Morgan fingerprint density at radius 3 is 2.11 bits per heavy atom. The van der Waals surface area contributed by atoms with E-state index in [0.717, 1.165) is 23.7 Å². The summed E-state index contributed by atoms with van der Waals surface area (Å²) in [5.41, 5.74) is 0. The van der Waals surface area contributed by atoms with Crippen molar-refractivity contribution in [2.24, 2.45) is 23.7 Å². The lowest BCUT2D eigenvalue weighted by Gasteiger charge is -2.38. The van der Waals surface area contributed by atoms with Crippen LogP contribution in [0.2, 0.25) is 0 Å². The molecule has 0 aromatic heterocycles. The lowest BCUT2D eigenvalue weighted by atomic mass is 9.67. The zero-order valence-corrected chi connectivity index (χ0v) is 12.9. The molecular formula is C18H32. The van der Waals surface area contributed by atoms with Crippen molar-refractivity contribution in [2.75, 3.05) is 0 Å². The number of hydrogen-bond acceptors (Lipinski definition) is 0. The van der Waals surface area contributed by atoms with Crippen LogP contribution in [0.15, 0.2) is 24.3 Å². The van der Waals surface area contributed by atoms with Gasteiger partial charge in [-0.3, -0.25) is 0 Å². The summed E-state index contributed by atoms with van der Waals surface area (Å²) in [6.45, 7) is 9.24. The maximum atomic E-state index is 2.54. The molecule has 18 heavy (non-hydrogen) atoms. The minimum absolute atomic E-state index is 0.775. The Morgan fingerprint density at radius 1 is 0.889 bits per heavy atom. The van der Waals surface area contributed by atoms with Crippen LogP contribution in [-0.2, 0) is 0 Å². The van der Waals surface area contributed by atoms with Gasteiger partial charge in [0, 0.05) is 0 Å². The fourth-order valence-corrected chi connectivity index (χ4v) is 3.53. The Bertz CT molecular complexity index is 261. The van der Waals surface area contributed by atoms with E-state index >= 15 is 0 Å². The second kappa shape index (κ2) is 8.56. The van der Waals surface area contributed by atoms with Crippen molar-refractivity contribution in [3.63, 3.8) is 0 Å². The third-order valence-corrected chi connectivity index (χ3v) is 4.45. The molecule has 0 heterocycles. The first kappa shape index (κ1) is 15.5. The predicted octanol–water partition coefficient (Wildman–Crippen LogP) is 6.00. The van der Waals surface area contributed by atoms with Crippen LogP contribution in [0.25, 0.3) is 0 Å². The molecule has 0 fully saturated rings. The highest BCUT2D eigenvalue weighted by atomic mass is 14.4. The number of allylic oxidation sites excluding steroid dienone is 4. The SMILES string of the molecule is CC/C=C/C1C(CC)C=CC(CCC)C1CCC. The molecule has 0 spiro atoms. The topological polar surface area (TPSA) is 0 Å². The quantitative estimate of drug-likeness (QED) is 0.485. The van der Waals surface area contributed by atoms with Crippen LogP contribution < -0.4 is 0 Å². The third-order valence-electron chi connectivity index (χ3n) is 4.45. The molecule has 0 saturated carbocycles. The van der Waals surface area contributed by atoms with Gasteiger partial charge in [0.2, 0.25) is 0 Å². The predicted molar refractivity (Wildman–Crippen MR) is 82.6 cm³/mol. The van der Waals surface area contributed by atoms with E-state index in [0.29, 0.717) is 0 Å². The van der Waals surface area contributed by atoms with Crippen LogP contribution in [0, 0.1) is 23.7 Å². The maximum Gasteiger partial charge on any atom is -0.0137 e. The monoisotopic (exact) mass is 248 g/mol. The summed E-state index contributed by atoms with van der Waals surface area (Å²) < 4.78 is 0. The summed E-state index contributed by atoms with van der Waals surface area (Å²) in [4.78, 5) is 0. The minimum atomic E-state index is 0.775. The van der Waals surface area contributed by atoms with Gasteiger partial charge in [-0.2, -0.15) is 0 Å². The van der Waals surface area contributed by atoms with Crippen molar-refractivity contribution >= 4 is 0 Å². The van der Waals surface area contributed by atoms with Crippen LogP contribution in [0.4, 0.5) is 0 Å². The average molecular weight is 248 g/mol. The molecule has 0 N–H and O–H groups in total. The second-order valence-corrected chi connectivity index (χ2v) is 5.78. The molecule has 0 bridgehead atoms. The number of hydrogen-bond donors (Lipinski definition) is 0. The largest absolute Gasteiger partial charge is 0.0885 e. The molecule has 4 atom stereocenters. The van der Waals surface area contributed by atoms with Gasteiger partial charge in [0.1, 0.15) is 0 Å². The maximum absolute atomic E-state index is 2.54. The van der Waals surface area contributed by atoms with E-state index in [1.807, 2.05) is 0 Å². The van der Waals surface area contributed by atoms with E-state index in [1.54, 1.807) is 0 Å². The molecule has 0 aromatic carbocycles. The molecular weight excluding hydrogens is 216 g/mol. The van der Waals surface area contributed by atoms with Gasteiger partial charge in [0.15, 0.2) is 0 Å². The van der Waals surface area contributed by atoms with Crippen molar-refractivity contribution in [2.45, 2.75) is 66.2 Å². The molecule has 0 saturated heterocycles. The molecule has 0 nitrogen and oxygen atoms in total. The highest BCUT2D eigenvalue weighted by molar-refractivity contribution is 5.10. The fourth-order valence-electron chi connectivity index (χ4n) is 3.53. The molecule has 0 radical (unpaired) electrons. The Hall–Kier alpha value is -0.520. The molecule has 1 aliphatic carbocycles. The van der Waals surface area contributed by atoms with E-state index in [1.165, 1.54) is 38.5 Å². The van der Waals surface area contributed by atoms with E-state index in [9.17, 15) is 0 Å². The van der Waals surface area contributed by atoms with Gasteiger partial charge < -0.3 is 0 Å². The van der Waals surface area contributed by atoms with E-state index in [2.05, 4.69) is 52.0 Å². The first-order valence-corrected chi connectivity index (χ1v) is 8.13. The molecule has 4 unspecified atom stereocenters. The molecule has 1 rings (SSSR count). The molecule has 0 aromatic rings. The molecule has 104 valence electrons. The molecule has 1 aliphatic rings. The highest BCUT2D eigenvalue weighted by Crippen LogP contribution is 2.41. The Labute approximate surface area is 115 Å². The van der Waals surface area contributed by atoms with Gasteiger partial charge in [-0.05, 0) is 49.4 Å². The van der Waals surface area contributed by atoms with E-state index < -0.39 is 0 Å². The smallest absolute Gasteiger partial charge is 0.0137 e. The normalized spacial score (nSPS) is 32.2. The van der Waals surface area contributed by atoms with Gasteiger partial charge in [-0.25, -0.2) is 0 Å². The third kappa shape index (κ3) is 4.00. The lowest BCUT2D eigenvalue weighted by molar-refractivity contribution is 0.207. The van der Waals surface area contributed by atoms with Crippen molar-refractivity contribution in [3.05, 3.63) is 24.3 Å². The molecule has 0 amide bonds. The van der Waals surface area contributed by atoms with Crippen LogP contribution >= 0.6 is 0 Å². The summed E-state index contributed by atoms with van der Waals surface area (Å²) in [6.07, 6.45) is 17.8. The Morgan fingerprint density at radius 2 is 1.56 bits per heavy atom. The van der Waals surface area contributed by atoms with Crippen molar-refractivity contribution in [1.82, 2.24) is 0 Å². The van der Waals surface area contributed by atoms with Gasteiger partial charge in [-0.1, -0.05) is 64.8 Å². The summed E-state index contributed by atoms with van der Waals surface area (Å²) in [5, 5.41) is 0. The Kier molecular flexibility index (Phi) is 7.39. The first-order chi connectivity index (χ1) is 8.78. The molecule has 0 heteroatoms. The van der Waals surface area contributed by atoms with Crippen molar-refractivity contribution in [1.29, 1.82) is 0 Å². The summed E-state index contributed by atoms with van der Waals surface area (Å²) in [6, 6.07) is 0. The highest BCUT2D eigenvalue weighted by Gasteiger charge is 2.32. The summed E-state index contributed by atoms with van der Waals surface area (Å²) in [5.74, 6) is 3.27. The minimum Gasteiger partial charge on any atom is -0.0885 e. The summed E-state index contributed by atoms with van der Waals surface area (Å²) >= 11 is 0. The van der Waals surface area contributed by atoms with Gasteiger partial charge in [-0.15, -0.1) is 0 Å². The van der Waals surface area contributed by atoms with Crippen LogP contribution in [0.1, 0.15) is 66.2 Å². The van der Waals surface area contributed by atoms with Gasteiger partial charge in [0.05, 0.1) is 0 Å². The second-order valence-electron chi connectivity index (χ2n) is 5.78. The molecule has 0 aliphatic heterocycles. The summed E-state index contributed by atoms with van der Waals surface area (Å²) in [7, 11) is 0. The van der Waals surface area contributed by atoms with E-state index in [-0.39, 0.29) is 0 Å². The van der Waals surface area contributed by atoms with Crippen LogP contribution in [-0.4, -0.2) is 0 Å². The zero-order chi connectivity index (χ0) is 13.4. The van der Waals surface area contributed by atoms with Gasteiger partial charge in [0.25, 0.3) is 0 Å². The van der Waals surface area contributed by atoms with E-state index in [4.69, 9.17) is 0 Å². The fraction of sp³-hybridized carbons (Fsp3) is 0.778. The standard InChI is InChI=1S/C18H32/c1-5-9-12-18-15(8-4)13-14-16(10-6-2)17(18)11-7-3/h9,12-18H,5-8,10-11H2,1-4H3/b12-9+. The van der Waals surface area contributed by atoms with Crippen LogP contribution in [0.5, 0.6) is 0 Å². The zero-order valence-electron chi connectivity index (χ0n) is 12.9. The lowest BCUT2D eigenvalue weighted by Crippen LogP contribution is -2.30. The van der Waals surface area contributed by atoms with Crippen molar-refractivity contribution in [3.8, 4) is 0 Å². The average Bonchev–Trinajstić information content (AvgIpc) is 2.39. The van der Waals surface area contributed by atoms with Crippen molar-refractivity contribution < 1.29 is 0 Å². The number of rotatable bonds is 7.